The number of nitrogens with one attached hydrogen (secondary N) is 3. The number of fused-ring (bicyclic) bond motifs is 1. The molecule has 0 aliphatic carbocycles. The van der Waals surface area contributed by atoms with E-state index in [1.807, 2.05) is 74.5 Å². The third-order valence-corrected chi connectivity index (χ3v) is 8.45. The summed E-state index contributed by atoms with van der Waals surface area (Å²) in [6, 6.07) is 25.7. The molecule has 3 aromatic carbocycles. The Morgan fingerprint density at radius 3 is 2.50 bits per heavy atom. The Morgan fingerprint density at radius 2 is 1.78 bits per heavy atom. The standard InChI is InChI=1S/C36H32N6O4/c1-36(2,27-10-8-23(9-11-27)25-17-24(19-37)30(38-20-25)16-22-6-4-3-5-7-22)41-35(46)39-28-12-13-29-26(18-28)21-42(34(29)45)31-14-15-32(43)40-33(31)44/h3-13,17-18,20,31H,14-16,21H2,1-2H3,(H2,39,41,46)(H,40,43,44). The van der Waals surface area contributed by atoms with Crippen LogP contribution in [0.3, 0.4) is 0 Å². The Morgan fingerprint density at radius 1 is 1.02 bits per heavy atom. The first kappa shape index (κ1) is 30.2. The van der Waals surface area contributed by atoms with Gasteiger partial charge < -0.3 is 15.5 Å². The molecule has 1 saturated heterocycles. The fourth-order valence-electron chi connectivity index (χ4n) is 5.93. The van der Waals surface area contributed by atoms with E-state index in [0.29, 0.717) is 28.8 Å². The smallest absolute Gasteiger partial charge is 0.319 e. The molecule has 3 N–H and O–H groups in total. The number of hydrogen-bond donors (Lipinski definition) is 3. The van der Waals surface area contributed by atoms with Gasteiger partial charge >= 0.3 is 6.03 Å². The summed E-state index contributed by atoms with van der Waals surface area (Å²) in [5.41, 5.74) is 5.90. The number of aromatic nitrogens is 1. The third-order valence-electron chi connectivity index (χ3n) is 8.45. The Hall–Kier alpha value is -5.82. The van der Waals surface area contributed by atoms with Gasteiger partial charge in [-0.15, -0.1) is 0 Å². The van der Waals surface area contributed by atoms with E-state index >= 15 is 0 Å². The van der Waals surface area contributed by atoms with Gasteiger partial charge in [0.05, 0.1) is 16.8 Å². The molecule has 6 rings (SSSR count). The van der Waals surface area contributed by atoms with E-state index in [1.165, 1.54) is 4.90 Å². The predicted octanol–water partition coefficient (Wildman–Crippen LogP) is 5.03. The topological polar surface area (TPSA) is 144 Å². The van der Waals surface area contributed by atoms with Gasteiger partial charge in [0.25, 0.3) is 5.91 Å². The van der Waals surface area contributed by atoms with Crippen LogP contribution in [0, 0.1) is 11.3 Å². The maximum atomic E-state index is 13.0. The van der Waals surface area contributed by atoms with Crippen LogP contribution in [-0.2, 0) is 28.1 Å². The minimum Gasteiger partial charge on any atom is -0.329 e. The second-order valence-electron chi connectivity index (χ2n) is 12.0. The molecule has 1 aromatic heterocycles. The van der Waals surface area contributed by atoms with E-state index in [1.54, 1.807) is 24.4 Å². The minimum absolute atomic E-state index is 0.184. The summed E-state index contributed by atoms with van der Waals surface area (Å²) in [7, 11) is 0. The van der Waals surface area contributed by atoms with Crippen molar-refractivity contribution in [2.24, 2.45) is 0 Å². The van der Waals surface area contributed by atoms with Crippen LogP contribution in [0.5, 0.6) is 0 Å². The molecule has 5 amide bonds. The van der Waals surface area contributed by atoms with Crippen LogP contribution in [0.2, 0.25) is 0 Å². The molecule has 0 bridgehead atoms. The predicted molar refractivity (Wildman–Crippen MR) is 171 cm³/mol. The number of piperidine rings is 1. The lowest BCUT2D eigenvalue weighted by molar-refractivity contribution is -0.136. The number of hydrogen-bond acceptors (Lipinski definition) is 6. The normalized spacial score (nSPS) is 16.0. The van der Waals surface area contributed by atoms with E-state index in [2.05, 4.69) is 27.0 Å². The zero-order valence-electron chi connectivity index (χ0n) is 25.5. The van der Waals surface area contributed by atoms with Crippen LogP contribution in [0.1, 0.15) is 65.0 Å². The van der Waals surface area contributed by atoms with Gasteiger partial charge in [-0.3, -0.25) is 24.7 Å². The molecule has 230 valence electrons. The quantitative estimate of drug-likeness (QED) is 0.250. The third kappa shape index (κ3) is 6.21. The molecule has 0 spiro atoms. The summed E-state index contributed by atoms with van der Waals surface area (Å²) in [6.07, 6.45) is 2.82. The molecule has 2 aliphatic heterocycles. The highest BCUT2D eigenvalue weighted by Gasteiger charge is 2.39. The van der Waals surface area contributed by atoms with Gasteiger partial charge in [0, 0.05) is 42.4 Å². The van der Waals surface area contributed by atoms with Crippen molar-refractivity contribution in [3.05, 3.63) is 119 Å². The molecular formula is C36H32N6O4. The van der Waals surface area contributed by atoms with E-state index in [-0.39, 0.29) is 31.2 Å². The number of anilines is 1. The maximum Gasteiger partial charge on any atom is 0.319 e. The summed E-state index contributed by atoms with van der Waals surface area (Å²) in [5, 5.41) is 17.9. The number of nitrogens with zero attached hydrogens (tertiary/aromatic N) is 3. The lowest BCUT2D eigenvalue weighted by Gasteiger charge is -2.29. The molecule has 46 heavy (non-hydrogen) atoms. The fraction of sp³-hybridized carbons (Fsp3) is 0.222. The minimum atomic E-state index is -0.729. The largest absolute Gasteiger partial charge is 0.329 e. The summed E-state index contributed by atoms with van der Waals surface area (Å²) in [4.78, 5) is 55.9. The average molecular weight is 613 g/mol. The second-order valence-corrected chi connectivity index (χ2v) is 12.0. The Balaban J connectivity index is 1.10. The number of urea groups is 1. The maximum absolute atomic E-state index is 13.0. The SMILES string of the molecule is CC(C)(NC(=O)Nc1ccc2c(c1)CN(C1CCC(=O)NC1=O)C2=O)c1ccc(-c2cnc(Cc3ccccc3)c(C#N)c2)cc1. The van der Waals surface area contributed by atoms with E-state index in [0.717, 1.165) is 27.9 Å². The van der Waals surface area contributed by atoms with Crippen molar-refractivity contribution in [1.82, 2.24) is 20.5 Å². The Labute approximate surface area is 266 Å². The molecular weight excluding hydrogens is 580 g/mol. The molecule has 10 heteroatoms. The van der Waals surface area contributed by atoms with Crippen molar-refractivity contribution in [2.45, 2.75) is 51.2 Å². The monoisotopic (exact) mass is 612 g/mol. The van der Waals surface area contributed by atoms with Crippen molar-refractivity contribution in [1.29, 1.82) is 5.26 Å². The van der Waals surface area contributed by atoms with Crippen LogP contribution in [0.4, 0.5) is 10.5 Å². The fourth-order valence-corrected chi connectivity index (χ4v) is 5.93. The molecule has 1 unspecified atom stereocenters. The van der Waals surface area contributed by atoms with Crippen LogP contribution < -0.4 is 16.0 Å². The number of nitriles is 1. The van der Waals surface area contributed by atoms with Crippen LogP contribution >= 0.6 is 0 Å². The zero-order chi connectivity index (χ0) is 32.4. The number of pyridine rings is 1. The average Bonchev–Trinajstić information content (AvgIpc) is 3.36. The number of carbonyl (C=O) groups is 4. The van der Waals surface area contributed by atoms with Crippen LogP contribution in [0.15, 0.2) is 85.1 Å². The summed E-state index contributed by atoms with van der Waals surface area (Å²) in [5.74, 6) is -1.07. The molecule has 3 heterocycles. The van der Waals surface area contributed by atoms with Crippen molar-refractivity contribution in [3.63, 3.8) is 0 Å². The van der Waals surface area contributed by atoms with Gasteiger partial charge in [-0.25, -0.2) is 4.79 Å². The Bertz CT molecular complexity index is 1900. The highest BCUT2D eigenvalue weighted by Crippen LogP contribution is 2.30. The van der Waals surface area contributed by atoms with Gasteiger partial charge in [0.15, 0.2) is 0 Å². The van der Waals surface area contributed by atoms with Crippen molar-refractivity contribution < 1.29 is 19.2 Å². The van der Waals surface area contributed by atoms with E-state index in [9.17, 15) is 24.4 Å². The zero-order valence-corrected chi connectivity index (χ0v) is 25.5. The molecule has 4 aromatic rings. The first-order chi connectivity index (χ1) is 22.1. The van der Waals surface area contributed by atoms with Crippen molar-refractivity contribution >= 4 is 29.4 Å². The highest BCUT2D eigenvalue weighted by molar-refractivity contribution is 6.05. The van der Waals surface area contributed by atoms with Crippen LogP contribution in [0.25, 0.3) is 11.1 Å². The molecule has 0 radical (unpaired) electrons. The molecule has 1 atom stereocenters. The number of amides is 5. The van der Waals surface area contributed by atoms with Gasteiger partial charge in [0.2, 0.25) is 11.8 Å². The Kier molecular flexibility index (Phi) is 8.07. The molecule has 0 saturated carbocycles. The number of rotatable bonds is 7. The summed E-state index contributed by atoms with van der Waals surface area (Å²) in [6.45, 7) is 4.01. The highest BCUT2D eigenvalue weighted by atomic mass is 16.2. The number of benzene rings is 3. The lowest BCUT2D eigenvalue weighted by Crippen LogP contribution is -2.52. The number of imide groups is 1. The van der Waals surface area contributed by atoms with Crippen LogP contribution in [-0.4, -0.2) is 39.7 Å². The van der Waals surface area contributed by atoms with Gasteiger partial charge in [-0.1, -0.05) is 54.6 Å². The van der Waals surface area contributed by atoms with Gasteiger partial charge in [-0.2, -0.15) is 5.26 Å². The number of carbonyl (C=O) groups excluding carboxylic acids is 4. The summed E-state index contributed by atoms with van der Waals surface area (Å²) >= 11 is 0. The van der Waals surface area contributed by atoms with Gasteiger partial charge in [0.1, 0.15) is 12.1 Å². The van der Waals surface area contributed by atoms with Crippen molar-refractivity contribution in [3.8, 4) is 17.2 Å². The molecule has 1 fully saturated rings. The van der Waals surface area contributed by atoms with Crippen molar-refractivity contribution in [2.75, 3.05) is 5.32 Å². The molecule has 10 nitrogen and oxygen atoms in total. The van der Waals surface area contributed by atoms with Gasteiger partial charge in [-0.05, 0) is 66.8 Å². The first-order valence-electron chi connectivity index (χ1n) is 15.0. The lowest BCUT2D eigenvalue weighted by atomic mass is 9.92. The van der Waals surface area contributed by atoms with E-state index < -0.39 is 23.5 Å². The second kappa shape index (κ2) is 12.3. The molecule has 2 aliphatic rings. The van der Waals surface area contributed by atoms with E-state index in [4.69, 9.17) is 0 Å². The first-order valence-corrected chi connectivity index (χ1v) is 15.0. The summed E-state index contributed by atoms with van der Waals surface area (Å²) < 4.78 is 0.